The minimum atomic E-state index is -4.54. The number of halogens is 2. The molecule has 4 aromatic rings. The van der Waals surface area contributed by atoms with E-state index in [2.05, 4.69) is 15.5 Å². The summed E-state index contributed by atoms with van der Waals surface area (Å²) in [5.74, 6) is -0.875. The van der Waals surface area contributed by atoms with Gasteiger partial charge < -0.3 is 15.2 Å². The molecule has 196 valence electrons. The first-order valence-corrected chi connectivity index (χ1v) is 13.3. The molecule has 0 unspecified atom stereocenters. The van der Waals surface area contributed by atoms with Gasteiger partial charge in [0.05, 0.1) is 28.0 Å². The molecule has 4 rings (SSSR count). The van der Waals surface area contributed by atoms with Crippen LogP contribution in [-0.2, 0) is 10.1 Å². The van der Waals surface area contributed by atoms with Crippen LogP contribution in [0.1, 0.15) is 22.8 Å². The summed E-state index contributed by atoms with van der Waals surface area (Å²) < 4.78 is 37.7. The number of azo groups is 1. The van der Waals surface area contributed by atoms with Crippen LogP contribution in [0.5, 0.6) is 11.5 Å². The number of hydrogen-bond donors (Lipinski definition) is 2. The minimum Gasteiger partial charge on any atom is -0.870 e. The number of anilines is 1. The van der Waals surface area contributed by atoms with Gasteiger partial charge in [0.15, 0.2) is 0 Å². The number of rotatable bonds is 7. The van der Waals surface area contributed by atoms with Crippen molar-refractivity contribution >= 4 is 67.1 Å². The molecule has 0 heterocycles. The number of carbonyl (C=O) groups excluding carboxylic acids is 1. The Morgan fingerprint density at radius 1 is 1.05 bits per heavy atom. The Hall–Kier alpha value is -2.70. The number of hydrogen-bond acceptors (Lipinski definition) is 7. The molecular formula is C26H20Cl2N3NaO6S. The molecule has 2 N–H and O–H groups in total. The van der Waals surface area contributed by atoms with Gasteiger partial charge in [-0.3, -0.25) is 9.35 Å². The first-order valence-electron chi connectivity index (χ1n) is 11.2. The van der Waals surface area contributed by atoms with Crippen LogP contribution in [0.4, 0.5) is 17.1 Å². The van der Waals surface area contributed by atoms with Gasteiger partial charge in [0, 0.05) is 16.6 Å². The summed E-state index contributed by atoms with van der Waals surface area (Å²) in [6.07, 6.45) is 0. The second-order valence-corrected chi connectivity index (χ2v) is 10.3. The molecule has 0 aliphatic carbocycles. The monoisotopic (exact) mass is 595 g/mol. The molecule has 13 heteroatoms. The Kier molecular flexibility index (Phi) is 10.0. The van der Waals surface area contributed by atoms with E-state index in [0.717, 1.165) is 6.07 Å². The minimum absolute atomic E-state index is 0. The molecule has 0 aromatic heterocycles. The van der Waals surface area contributed by atoms with E-state index in [9.17, 15) is 22.9 Å². The molecule has 1 amide bonds. The van der Waals surface area contributed by atoms with Crippen LogP contribution in [-0.4, -0.2) is 25.5 Å². The standard InChI is InChI=1S/C26H21Cl2N3O6S.Na/c1-3-37-22-9-8-16(12-19(22)27)29-26(33)18-11-15-6-4-5-7-17(15)24(25(18)32)31-30-21-13-20(28)23(10-14(21)2)38(34,35)36;/h4-13,32H,3H2,1-2H3,(H,29,33)(H,34,35,36);/q;+1/p-1. The zero-order valence-corrected chi connectivity index (χ0v) is 25.4. The predicted octanol–water partition coefficient (Wildman–Crippen LogP) is 3.85. The van der Waals surface area contributed by atoms with Gasteiger partial charge in [-0.2, -0.15) is 18.6 Å². The Bertz CT molecular complexity index is 1710. The zero-order chi connectivity index (χ0) is 27.6. The van der Waals surface area contributed by atoms with Crippen molar-refractivity contribution in [1.29, 1.82) is 0 Å². The molecule has 0 radical (unpaired) electrons. The molecule has 4 aromatic carbocycles. The molecule has 0 atom stereocenters. The maximum Gasteiger partial charge on any atom is 1.00 e. The average molecular weight is 596 g/mol. The van der Waals surface area contributed by atoms with Crippen molar-refractivity contribution in [3.8, 4) is 11.5 Å². The third kappa shape index (κ3) is 6.90. The smallest absolute Gasteiger partial charge is 0.870 e. The molecule has 0 bridgehead atoms. The molecule has 0 fully saturated rings. The molecule has 0 aliphatic heterocycles. The van der Waals surface area contributed by atoms with Gasteiger partial charge in [-0.25, -0.2) is 0 Å². The third-order valence-corrected chi connectivity index (χ3v) is 7.11. The van der Waals surface area contributed by atoms with Crippen LogP contribution in [0.15, 0.2) is 75.8 Å². The first-order chi connectivity index (χ1) is 18.0. The summed E-state index contributed by atoms with van der Waals surface area (Å²) in [4.78, 5) is 12.6. The quantitative estimate of drug-likeness (QED) is 0.189. The number of ether oxygens (including phenoxy) is 1. The second-order valence-electron chi connectivity index (χ2n) is 8.10. The normalized spacial score (nSPS) is 11.4. The van der Waals surface area contributed by atoms with Crippen LogP contribution in [0.2, 0.25) is 10.0 Å². The van der Waals surface area contributed by atoms with Crippen LogP contribution >= 0.6 is 23.2 Å². The summed E-state index contributed by atoms with van der Waals surface area (Å²) in [5.41, 5.74) is 0.614. The SMILES string of the molecule is CCOc1ccc(NC(=O)c2cc3ccccc3c(N=Nc3cc(Cl)c(S(=O)(=O)O)cc3C)c2[O-])cc1Cl.[Na+]. The Labute approximate surface area is 256 Å². The molecule has 39 heavy (non-hydrogen) atoms. The van der Waals surface area contributed by atoms with Crippen LogP contribution < -0.4 is 44.7 Å². The second kappa shape index (κ2) is 12.6. The largest absolute Gasteiger partial charge is 1.00 e. The summed E-state index contributed by atoms with van der Waals surface area (Å²) in [7, 11) is -4.54. The summed E-state index contributed by atoms with van der Waals surface area (Å²) in [5, 5.41) is 25.3. The van der Waals surface area contributed by atoms with Crippen molar-refractivity contribution in [2.45, 2.75) is 18.7 Å². The van der Waals surface area contributed by atoms with Crippen molar-refractivity contribution in [2.75, 3.05) is 11.9 Å². The third-order valence-electron chi connectivity index (χ3n) is 5.50. The van der Waals surface area contributed by atoms with E-state index < -0.39 is 26.7 Å². The zero-order valence-electron chi connectivity index (χ0n) is 21.0. The molecular weight excluding hydrogens is 576 g/mol. The first kappa shape index (κ1) is 30.8. The van der Waals surface area contributed by atoms with Crippen molar-refractivity contribution in [1.82, 2.24) is 0 Å². The van der Waals surface area contributed by atoms with Gasteiger partial charge >= 0.3 is 29.6 Å². The average Bonchev–Trinajstić information content (AvgIpc) is 2.85. The van der Waals surface area contributed by atoms with Crippen molar-refractivity contribution in [3.05, 3.63) is 81.8 Å². The molecule has 0 saturated heterocycles. The number of aryl methyl sites for hydroxylation is 1. The van der Waals surface area contributed by atoms with Gasteiger partial charge in [0.2, 0.25) is 0 Å². The number of nitrogens with zero attached hydrogens (tertiary/aromatic N) is 2. The van der Waals surface area contributed by atoms with Crippen molar-refractivity contribution in [2.24, 2.45) is 10.2 Å². The summed E-state index contributed by atoms with van der Waals surface area (Å²) in [6.45, 7) is 3.79. The number of nitrogens with one attached hydrogen (secondary N) is 1. The van der Waals surface area contributed by atoms with Crippen LogP contribution in [0.25, 0.3) is 10.8 Å². The Morgan fingerprint density at radius 3 is 2.44 bits per heavy atom. The van der Waals surface area contributed by atoms with E-state index in [4.69, 9.17) is 27.9 Å². The molecule has 0 saturated carbocycles. The molecule has 0 spiro atoms. The van der Waals surface area contributed by atoms with E-state index >= 15 is 0 Å². The summed E-state index contributed by atoms with van der Waals surface area (Å²) >= 11 is 12.2. The number of amides is 1. The van der Waals surface area contributed by atoms with E-state index in [1.54, 1.807) is 43.3 Å². The maximum atomic E-state index is 13.4. The Balaban J connectivity index is 0.00000420. The van der Waals surface area contributed by atoms with Gasteiger partial charge in [0.25, 0.3) is 16.0 Å². The number of benzene rings is 4. The topological polar surface area (TPSA) is 140 Å². The molecule has 9 nitrogen and oxygen atoms in total. The van der Waals surface area contributed by atoms with Crippen molar-refractivity contribution < 1.29 is 57.2 Å². The van der Waals surface area contributed by atoms with Crippen LogP contribution in [0.3, 0.4) is 0 Å². The number of carbonyl (C=O) groups is 1. The van der Waals surface area contributed by atoms with E-state index in [1.165, 1.54) is 18.2 Å². The van der Waals surface area contributed by atoms with Gasteiger partial charge in [0.1, 0.15) is 10.6 Å². The van der Waals surface area contributed by atoms with Crippen LogP contribution in [0, 0.1) is 6.92 Å². The van der Waals surface area contributed by atoms with Gasteiger partial charge in [-0.05, 0) is 61.2 Å². The van der Waals surface area contributed by atoms with E-state index in [0.29, 0.717) is 39.4 Å². The van der Waals surface area contributed by atoms with E-state index in [1.807, 2.05) is 6.92 Å². The van der Waals surface area contributed by atoms with Gasteiger partial charge in [-0.1, -0.05) is 53.2 Å². The fraction of sp³-hybridized carbons (Fsp3) is 0.115. The van der Waals surface area contributed by atoms with Crippen molar-refractivity contribution in [3.63, 3.8) is 0 Å². The maximum absolute atomic E-state index is 13.4. The Morgan fingerprint density at radius 2 is 1.77 bits per heavy atom. The number of fused-ring (bicyclic) bond motifs is 1. The fourth-order valence-electron chi connectivity index (χ4n) is 3.68. The van der Waals surface area contributed by atoms with Gasteiger partial charge in [-0.15, -0.1) is 0 Å². The molecule has 0 aliphatic rings. The predicted molar refractivity (Wildman–Crippen MR) is 144 cm³/mol. The summed E-state index contributed by atoms with van der Waals surface area (Å²) in [6, 6.07) is 15.4. The fourth-order valence-corrected chi connectivity index (χ4v) is 5.00. The van der Waals surface area contributed by atoms with E-state index in [-0.39, 0.29) is 51.5 Å².